The van der Waals surface area contributed by atoms with Crippen LogP contribution in [0.25, 0.3) is 0 Å². The average Bonchev–Trinajstić information content (AvgIpc) is 2.65. The van der Waals surface area contributed by atoms with Crippen molar-refractivity contribution < 1.29 is 8.42 Å². The van der Waals surface area contributed by atoms with E-state index in [0.717, 1.165) is 28.9 Å². The van der Waals surface area contributed by atoms with Crippen LogP contribution < -0.4 is 0 Å². The number of halogens is 1. The van der Waals surface area contributed by atoms with Crippen molar-refractivity contribution in [2.24, 2.45) is 0 Å². The lowest BCUT2D eigenvalue weighted by Crippen LogP contribution is -2.39. The maximum absolute atomic E-state index is 12.9. The molecule has 0 aliphatic rings. The first kappa shape index (κ1) is 24.5. The maximum Gasteiger partial charge on any atom is 0.218 e. The third-order valence-electron chi connectivity index (χ3n) is 4.65. The highest BCUT2D eigenvalue weighted by molar-refractivity contribution is 7.88. The van der Waals surface area contributed by atoms with E-state index in [1.165, 1.54) is 0 Å². The first-order chi connectivity index (χ1) is 13.2. The van der Waals surface area contributed by atoms with Gasteiger partial charge in [-0.1, -0.05) is 67.1 Å². The van der Waals surface area contributed by atoms with E-state index in [9.17, 15) is 8.42 Å². The molecule has 0 aromatic heterocycles. The molecule has 0 amide bonds. The van der Waals surface area contributed by atoms with Crippen LogP contribution in [0.5, 0.6) is 0 Å². The van der Waals surface area contributed by atoms with Crippen molar-refractivity contribution in [1.29, 1.82) is 0 Å². The first-order valence-corrected chi connectivity index (χ1v) is 11.6. The number of hydrogen-bond donors (Lipinski definition) is 0. The van der Waals surface area contributed by atoms with Crippen LogP contribution in [0.1, 0.15) is 38.8 Å². The van der Waals surface area contributed by atoms with Crippen LogP contribution in [0.4, 0.5) is 0 Å². The van der Waals surface area contributed by atoms with Gasteiger partial charge in [-0.3, -0.25) is 0 Å². The monoisotopic (exact) mass is 424 g/mol. The fraction of sp³-hybridized carbons (Fsp3) is 0.455. The van der Waals surface area contributed by atoms with Crippen molar-refractivity contribution in [2.75, 3.05) is 26.2 Å². The average molecular weight is 425 g/mol. The summed E-state index contributed by atoms with van der Waals surface area (Å²) >= 11 is 6.42. The third kappa shape index (κ3) is 6.80. The lowest BCUT2D eigenvalue weighted by Gasteiger charge is -2.30. The number of nitrogens with zero attached hydrogens (tertiary/aromatic N) is 2. The fourth-order valence-electron chi connectivity index (χ4n) is 3.08. The van der Waals surface area contributed by atoms with Crippen molar-refractivity contribution in [2.45, 2.75) is 40.4 Å². The lowest BCUT2D eigenvalue weighted by atomic mass is 10.2. The van der Waals surface area contributed by atoms with Gasteiger partial charge in [-0.25, -0.2) is 12.7 Å². The van der Waals surface area contributed by atoms with Gasteiger partial charge < -0.3 is 4.90 Å². The first-order valence-electron chi connectivity index (χ1n) is 9.63. The molecular weight excluding hydrogens is 392 g/mol. The predicted octanol–water partition coefficient (Wildman–Crippen LogP) is 5.07. The van der Waals surface area contributed by atoms with E-state index in [1.54, 1.807) is 10.4 Å². The van der Waals surface area contributed by atoms with E-state index in [2.05, 4.69) is 11.5 Å². The standard InChI is InChI=1S/C22H33ClN2O2S/c1-7-19(6)22(21(23)8-2)24(9-3)14-15-25(10-4)28(26,27)17-20-13-11-12-18(5)16-20/h7-8,11-13,16H,1,9-10,14-15,17H2,2-6H3/b21-8+,22-19+. The van der Waals surface area contributed by atoms with Crippen molar-refractivity contribution in [3.63, 3.8) is 0 Å². The zero-order valence-corrected chi connectivity index (χ0v) is 19.3. The largest absolute Gasteiger partial charge is 0.369 e. The van der Waals surface area contributed by atoms with Crippen LogP contribution in [0.3, 0.4) is 0 Å². The predicted molar refractivity (Wildman–Crippen MR) is 121 cm³/mol. The van der Waals surface area contributed by atoms with Crippen molar-refractivity contribution >= 4 is 21.6 Å². The molecule has 1 rings (SSSR count). The highest BCUT2D eigenvalue weighted by Crippen LogP contribution is 2.24. The van der Waals surface area contributed by atoms with Crippen LogP contribution in [0.2, 0.25) is 0 Å². The minimum Gasteiger partial charge on any atom is -0.369 e. The second kappa shape index (κ2) is 11.4. The van der Waals surface area contributed by atoms with E-state index in [4.69, 9.17) is 11.6 Å². The molecule has 0 N–H and O–H groups in total. The van der Waals surface area contributed by atoms with Gasteiger partial charge >= 0.3 is 0 Å². The van der Waals surface area contributed by atoms with Gasteiger partial charge in [0.05, 0.1) is 16.5 Å². The molecule has 0 heterocycles. The molecule has 0 saturated heterocycles. The van der Waals surface area contributed by atoms with Crippen LogP contribution in [-0.2, 0) is 15.8 Å². The van der Waals surface area contributed by atoms with Crippen LogP contribution >= 0.6 is 11.6 Å². The molecule has 0 bridgehead atoms. The zero-order chi connectivity index (χ0) is 21.3. The Labute approximate surface area is 176 Å². The van der Waals surface area contributed by atoms with E-state index in [-0.39, 0.29) is 5.75 Å². The number of hydrogen-bond acceptors (Lipinski definition) is 3. The van der Waals surface area contributed by atoms with Gasteiger partial charge in [0.15, 0.2) is 0 Å². The van der Waals surface area contributed by atoms with E-state index >= 15 is 0 Å². The lowest BCUT2D eigenvalue weighted by molar-refractivity contribution is 0.319. The van der Waals surface area contributed by atoms with Crippen molar-refractivity contribution in [3.8, 4) is 0 Å². The molecule has 0 aliphatic carbocycles. The third-order valence-corrected chi connectivity index (χ3v) is 6.98. The molecule has 0 radical (unpaired) electrons. The molecule has 0 spiro atoms. The number of sulfonamides is 1. The summed E-state index contributed by atoms with van der Waals surface area (Å²) < 4.78 is 27.4. The van der Waals surface area contributed by atoms with Crippen LogP contribution in [0, 0.1) is 6.92 Å². The molecule has 0 fully saturated rings. The number of allylic oxidation sites excluding steroid dienone is 4. The molecule has 156 valence electrons. The van der Waals surface area contributed by atoms with E-state index < -0.39 is 10.0 Å². The number of benzene rings is 1. The molecule has 0 saturated carbocycles. The fourth-order valence-corrected chi connectivity index (χ4v) is 4.89. The van der Waals surface area contributed by atoms with Gasteiger partial charge in [-0.05, 0) is 38.8 Å². The Morgan fingerprint density at radius 1 is 1.21 bits per heavy atom. The van der Waals surface area contributed by atoms with E-state index in [0.29, 0.717) is 24.7 Å². The minimum absolute atomic E-state index is 0.0125. The smallest absolute Gasteiger partial charge is 0.218 e. The number of likely N-dealkylation sites (N-methyl/N-ethyl adjacent to an activating group) is 2. The minimum atomic E-state index is -3.40. The molecule has 4 nitrogen and oxygen atoms in total. The molecule has 1 aromatic carbocycles. The van der Waals surface area contributed by atoms with Crippen LogP contribution in [-0.4, -0.2) is 43.8 Å². The molecule has 28 heavy (non-hydrogen) atoms. The summed E-state index contributed by atoms with van der Waals surface area (Å²) in [4.78, 5) is 2.10. The number of rotatable bonds is 11. The summed E-state index contributed by atoms with van der Waals surface area (Å²) in [5.41, 5.74) is 3.74. The Kier molecular flexibility index (Phi) is 10.0. The van der Waals surface area contributed by atoms with Gasteiger partial charge in [0.1, 0.15) is 0 Å². The zero-order valence-electron chi connectivity index (χ0n) is 17.7. The van der Waals surface area contributed by atoms with Crippen molar-refractivity contribution in [3.05, 3.63) is 70.4 Å². The summed E-state index contributed by atoms with van der Waals surface area (Å²) in [6, 6.07) is 7.64. The Balaban J connectivity index is 3.00. The molecular formula is C22H33ClN2O2S. The van der Waals surface area contributed by atoms with Gasteiger partial charge in [0.2, 0.25) is 10.0 Å². The quantitative estimate of drug-likeness (QED) is 0.465. The highest BCUT2D eigenvalue weighted by atomic mass is 35.5. The highest BCUT2D eigenvalue weighted by Gasteiger charge is 2.23. The summed E-state index contributed by atoms with van der Waals surface area (Å²) in [6.07, 6.45) is 3.62. The Bertz CT molecular complexity index is 829. The number of aryl methyl sites for hydroxylation is 1. The molecule has 1 aromatic rings. The van der Waals surface area contributed by atoms with Gasteiger partial charge in [-0.15, -0.1) is 0 Å². The topological polar surface area (TPSA) is 40.6 Å². The Hall–Kier alpha value is -1.56. The summed E-state index contributed by atoms with van der Waals surface area (Å²) in [5, 5.41) is 0.643. The Morgan fingerprint density at radius 2 is 1.89 bits per heavy atom. The Morgan fingerprint density at radius 3 is 2.39 bits per heavy atom. The van der Waals surface area contributed by atoms with Gasteiger partial charge in [0.25, 0.3) is 0 Å². The van der Waals surface area contributed by atoms with Gasteiger partial charge in [-0.2, -0.15) is 0 Å². The van der Waals surface area contributed by atoms with Gasteiger partial charge in [0, 0.05) is 26.2 Å². The normalized spacial score (nSPS) is 13.5. The second-order valence-electron chi connectivity index (χ2n) is 6.69. The molecule has 0 unspecified atom stereocenters. The second-order valence-corrected chi connectivity index (χ2v) is 9.07. The summed E-state index contributed by atoms with van der Waals surface area (Å²) in [6.45, 7) is 15.7. The summed E-state index contributed by atoms with van der Waals surface area (Å²) in [7, 11) is -3.40. The summed E-state index contributed by atoms with van der Waals surface area (Å²) in [5.74, 6) is 0.0125. The molecule has 6 heteroatoms. The maximum atomic E-state index is 12.9. The molecule has 0 atom stereocenters. The molecule has 0 aliphatic heterocycles. The van der Waals surface area contributed by atoms with Crippen molar-refractivity contribution in [1.82, 2.24) is 9.21 Å². The van der Waals surface area contributed by atoms with E-state index in [1.807, 2.05) is 65.0 Å². The van der Waals surface area contributed by atoms with Crippen LogP contribution in [0.15, 0.2) is 59.3 Å². The SMILES string of the molecule is C=C/C(C)=C(\C(Cl)=C/C)N(CC)CCN(CC)S(=O)(=O)Cc1cccc(C)c1.